The van der Waals surface area contributed by atoms with Crippen LogP contribution in [-0.4, -0.2) is 27.6 Å². The number of nitrogens with one attached hydrogen (secondary N) is 1. The van der Waals surface area contributed by atoms with Crippen molar-refractivity contribution < 1.29 is 17.9 Å². The summed E-state index contributed by atoms with van der Waals surface area (Å²) in [6, 6.07) is 8.79. The molecule has 0 aliphatic rings. The van der Waals surface area contributed by atoms with Crippen LogP contribution in [0.3, 0.4) is 0 Å². The van der Waals surface area contributed by atoms with Crippen LogP contribution in [0.5, 0.6) is 5.75 Å². The topological polar surface area (TPSA) is 59.9 Å². The van der Waals surface area contributed by atoms with Crippen molar-refractivity contribution in [3.8, 4) is 5.75 Å². The van der Waals surface area contributed by atoms with Gasteiger partial charge in [-0.1, -0.05) is 25.1 Å². The lowest BCUT2D eigenvalue weighted by molar-refractivity contribution is -0.145. The summed E-state index contributed by atoms with van der Waals surface area (Å²) in [5.41, 5.74) is 0. The Hall–Kier alpha value is -2.09. The highest BCUT2D eigenvalue weighted by Crippen LogP contribution is 2.27. The number of nitrogens with zero attached hydrogens (tertiary/aromatic N) is 3. The number of benzene rings is 1. The summed E-state index contributed by atoms with van der Waals surface area (Å²) in [6.45, 7) is 2.10. The van der Waals surface area contributed by atoms with E-state index in [1.807, 2.05) is 25.1 Å². The van der Waals surface area contributed by atoms with Crippen LogP contribution >= 0.6 is 11.6 Å². The maximum absolute atomic E-state index is 12.7. The lowest BCUT2D eigenvalue weighted by Crippen LogP contribution is -2.28. The van der Waals surface area contributed by atoms with E-state index < -0.39 is 17.3 Å². The van der Waals surface area contributed by atoms with Gasteiger partial charge in [0.15, 0.2) is 0 Å². The van der Waals surface area contributed by atoms with Crippen LogP contribution in [0.15, 0.2) is 30.3 Å². The smallest absolute Gasteiger partial charge is 0.451 e. The molecule has 0 aliphatic heterocycles. The summed E-state index contributed by atoms with van der Waals surface area (Å²) < 4.78 is 43.6. The Morgan fingerprint density at radius 2 is 1.87 bits per heavy atom. The molecule has 0 saturated heterocycles. The fourth-order valence-corrected chi connectivity index (χ4v) is 1.86. The van der Waals surface area contributed by atoms with Crippen molar-refractivity contribution in [1.82, 2.24) is 15.0 Å². The second kappa shape index (κ2) is 7.45. The Morgan fingerprint density at radius 1 is 1.17 bits per heavy atom. The van der Waals surface area contributed by atoms with Gasteiger partial charge in [-0.3, -0.25) is 0 Å². The largest absolute Gasteiger partial charge is 0.491 e. The predicted molar refractivity (Wildman–Crippen MR) is 79.5 cm³/mol. The van der Waals surface area contributed by atoms with Gasteiger partial charge in [-0.15, -0.1) is 0 Å². The summed E-state index contributed by atoms with van der Waals surface area (Å²) in [6.07, 6.45) is -4.09. The van der Waals surface area contributed by atoms with Crippen LogP contribution in [0.2, 0.25) is 5.28 Å². The van der Waals surface area contributed by atoms with E-state index in [-0.39, 0.29) is 18.6 Å². The van der Waals surface area contributed by atoms with Crippen LogP contribution in [-0.2, 0) is 6.18 Å². The summed E-state index contributed by atoms with van der Waals surface area (Å²) in [4.78, 5) is 10.1. The van der Waals surface area contributed by atoms with Gasteiger partial charge < -0.3 is 10.1 Å². The molecule has 2 rings (SSSR count). The van der Waals surface area contributed by atoms with Gasteiger partial charge in [0.05, 0.1) is 6.04 Å². The van der Waals surface area contributed by atoms with Crippen LogP contribution in [0.4, 0.5) is 19.1 Å². The van der Waals surface area contributed by atoms with Gasteiger partial charge in [0.2, 0.25) is 17.1 Å². The quantitative estimate of drug-likeness (QED) is 0.861. The van der Waals surface area contributed by atoms with E-state index in [4.69, 9.17) is 16.3 Å². The van der Waals surface area contributed by atoms with Crippen molar-refractivity contribution in [1.29, 1.82) is 0 Å². The molecule has 1 heterocycles. The molecule has 1 atom stereocenters. The van der Waals surface area contributed by atoms with Crippen LogP contribution < -0.4 is 10.1 Å². The third-order valence-electron chi connectivity index (χ3n) is 2.88. The molecule has 1 aromatic carbocycles. The zero-order valence-corrected chi connectivity index (χ0v) is 12.9. The molecule has 0 fully saturated rings. The molecule has 0 aliphatic carbocycles. The van der Waals surface area contributed by atoms with Crippen molar-refractivity contribution >= 4 is 17.5 Å². The second-order valence-corrected chi connectivity index (χ2v) is 4.96. The molecule has 0 radical (unpaired) electrons. The highest BCUT2D eigenvalue weighted by atomic mass is 35.5. The minimum absolute atomic E-state index is 0.235. The number of hydrogen-bond acceptors (Lipinski definition) is 5. The Labute approximate surface area is 135 Å². The number of hydrogen-bond donors (Lipinski definition) is 1. The maximum atomic E-state index is 12.7. The second-order valence-electron chi connectivity index (χ2n) is 4.62. The van der Waals surface area contributed by atoms with E-state index in [2.05, 4.69) is 20.3 Å². The molecule has 5 nitrogen and oxygen atoms in total. The van der Waals surface area contributed by atoms with Crippen molar-refractivity contribution in [2.45, 2.75) is 25.6 Å². The highest BCUT2D eigenvalue weighted by Gasteiger charge is 2.35. The van der Waals surface area contributed by atoms with E-state index >= 15 is 0 Å². The predicted octanol–water partition coefficient (Wildman–Crippen LogP) is 3.81. The molecule has 23 heavy (non-hydrogen) atoms. The van der Waals surface area contributed by atoms with Crippen molar-refractivity contribution in [2.24, 2.45) is 0 Å². The monoisotopic (exact) mass is 346 g/mol. The first kappa shape index (κ1) is 17.3. The molecule has 9 heteroatoms. The summed E-state index contributed by atoms with van der Waals surface area (Å²) >= 11 is 5.52. The van der Waals surface area contributed by atoms with E-state index in [1.165, 1.54) is 0 Å². The van der Waals surface area contributed by atoms with E-state index in [0.717, 1.165) is 0 Å². The Balaban J connectivity index is 2.05. The maximum Gasteiger partial charge on any atom is 0.451 e. The van der Waals surface area contributed by atoms with Gasteiger partial charge in [0.25, 0.3) is 0 Å². The molecule has 0 saturated carbocycles. The molecular weight excluding hydrogens is 333 g/mol. The van der Waals surface area contributed by atoms with Gasteiger partial charge >= 0.3 is 6.18 Å². The first-order valence-electron chi connectivity index (χ1n) is 6.81. The summed E-state index contributed by atoms with van der Waals surface area (Å²) in [7, 11) is 0. The summed E-state index contributed by atoms with van der Waals surface area (Å²) in [5, 5.41) is 2.26. The van der Waals surface area contributed by atoms with Crippen molar-refractivity contribution in [2.75, 3.05) is 11.9 Å². The van der Waals surface area contributed by atoms with Gasteiger partial charge in [-0.05, 0) is 30.2 Å². The molecule has 0 bridgehead atoms. The Kier molecular flexibility index (Phi) is 5.59. The molecule has 0 spiro atoms. The number of halogens is 4. The van der Waals surface area contributed by atoms with Crippen LogP contribution in [0.25, 0.3) is 0 Å². The Morgan fingerprint density at radius 3 is 2.48 bits per heavy atom. The van der Waals surface area contributed by atoms with Crippen LogP contribution in [0.1, 0.15) is 19.2 Å². The molecule has 0 amide bonds. The van der Waals surface area contributed by atoms with Crippen LogP contribution in [0, 0.1) is 0 Å². The minimum Gasteiger partial charge on any atom is -0.491 e. The van der Waals surface area contributed by atoms with Gasteiger partial charge in [0.1, 0.15) is 12.4 Å². The van der Waals surface area contributed by atoms with Crippen molar-refractivity contribution in [3.63, 3.8) is 0 Å². The number of anilines is 1. The number of alkyl halides is 3. The molecule has 1 unspecified atom stereocenters. The third kappa shape index (κ3) is 5.24. The first-order chi connectivity index (χ1) is 10.9. The van der Waals surface area contributed by atoms with Gasteiger partial charge in [0, 0.05) is 0 Å². The number of aromatic nitrogens is 3. The van der Waals surface area contributed by atoms with E-state index in [0.29, 0.717) is 12.2 Å². The lowest BCUT2D eigenvalue weighted by atomic mass is 10.2. The highest BCUT2D eigenvalue weighted by molar-refractivity contribution is 6.28. The zero-order valence-electron chi connectivity index (χ0n) is 12.1. The fraction of sp³-hybridized carbons (Fsp3) is 0.357. The average Bonchev–Trinajstić information content (AvgIpc) is 2.51. The molecule has 2 aromatic rings. The van der Waals surface area contributed by atoms with Gasteiger partial charge in [-0.25, -0.2) is 0 Å². The first-order valence-corrected chi connectivity index (χ1v) is 7.19. The third-order valence-corrected chi connectivity index (χ3v) is 3.05. The van der Waals surface area contributed by atoms with Crippen molar-refractivity contribution in [3.05, 3.63) is 41.4 Å². The minimum atomic E-state index is -4.69. The molecular formula is C14H14ClF3N4O. The average molecular weight is 347 g/mol. The zero-order chi connectivity index (χ0) is 16.9. The molecule has 1 N–H and O–H groups in total. The van der Waals surface area contributed by atoms with E-state index in [9.17, 15) is 13.2 Å². The number of rotatable bonds is 6. The standard InChI is InChI=1S/C14H14ClF3N4O/c1-2-9(8-23-10-6-4-3-5-7-10)19-13-21-11(14(16,17)18)20-12(15)22-13/h3-7,9H,2,8H2,1H3,(H,19,20,21,22). The molecule has 124 valence electrons. The summed E-state index contributed by atoms with van der Waals surface area (Å²) in [5.74, 6) is -0.905. The SMILES string of the molecule is CCC(COc1ccccc1)Nc1nc(Cl)nc(C(F)(F)F)n1. The number of ether oxygens (including phenoxy) is 1. The normalized spacial score (nSPS) is 12.7. The van der Waals surface area contributed by atoms with E-state index in [1.54, 1.807) is 12.1 Å². The van der Waals surface area contributed by atoms with Gasteiger partial charge in [-0.2, -0.15) is 28.1 Å². The number of para-hydroxylation sites is 1. The molecule has 1 aromatic heterocycles. The Bertz CT molecular complexity index is 640. The fourth-order valence-electron chi connectivity index (χ4n) is 1.70. The lowest BCUT2D eigenvalue weighted by Gasteiger charge is -2.18.